The van der Waals surface area contributed by atoms with Crippen molar-refractivity contribution in [3.8, 4) is 0 Å². The molecule has 0 radical (unpaired) electrons. The van der Waals surface area contributed by atoms with Gasteiger partial charge in [0, 0.05) is 30.2 Å². The van der Waals surface area contributed by atoms with Gasteiger partial charge in [0.25, 0.3) is 0 Å². The highest BCUT2D eigenvalue weighted by Gasteiger charge is 2.30. The van der Waals surface area contributed by atoms with Crippen LogP contribution in [0.5, 0.6) is 0 Å². The van der Waals surface area contributed by atoms with Crippen molar-refractivity contribution < 1.29 is 21.6 Å². The van der Waals surface area contributed by atoms with Gasteiger partial charge in [-0.1, -0.05) is 11.8 Å². The summed E-state index contributed by atoms with van der Waals surface area (Å²) in [6, 6.07) is 7.85. The summed E-state index contributed by atoms with van der Waals surface area (Å²) in [4.78, 5) is 15.4. The van der Waals surface area contributed by atoms with E-state index in [2.05, 4.69) is 20.3 Å². The summed E-state index contributed by atoms with van der Waals surface area (Å²) in [6.45, 7) is 0.808. The Kier molecular flexibility index (Phi) is 6.23. The first-order chi connectivity index (χ1) is 15.6. The summed E-state index contributed by atoms with van der Waals surface area (Å²) in [6.07, 6.45) is 0.617. The fourth-order valence-electron chi connectivity index (χ4n) is 3.57. The van der Waals surface area contributed by atoms with Crippen molar-refractivity contribution >= 4 is 38.9 Å². The molecule has 0 spiro atoms. The van der Waals surface area contributed by atoms with Crippen LogP contribution in [-0.2, 0) is 29.0 Å². The zero-order valence-corrected chi connectivity index (χ0v) is 19.4. The quantitative estimate of drug-likeness (QED) is 0.414. The van der Waals surface area contributed by atoms with Gasteiger partial charge in [0.15, 0.2) is 15.0 Å². The van der Waals surface area contributed by atoms with E-state index in [1.165, 1.54) is 30.0 Å². The summed E-state index contributed by atoms with van der Waals surface area (Å²) < 4.78 is 63.0. The van der Waals surface area contributed by atoms with E-state index in [1.807, 2.05) is 11.2 Å². The number of sulfone groups is 1. The number of hydrogen-bond acceptors (Lipinski definition) is 8. The molecule has 0 aliphatic carbocycles. The molecule has 1 N–H and O–H groups in total. The Labute approximate surface area is 193 Å². The minimum absolute atomic E-state index is 0.149. The fourth-order valence-corrected chi connectivity index (χ4v) is 4.79. The summed E-state index contributed by atoms with van der Waals surface area (Å²) >= 11 is 1.34. The van der Waals surface area contributed by atoms with Gasteiger partial charge < -0.3 is 10.2 Å². The van der Waals surface area contributed by atoms with Crippen LogP contribution < -0.4 is 10.2 Å². The van der Waals surface area contributed by atoms with E-state index in [0.29, 0.717) is 47.7 Å². The first-order valence-corrected chi connectivity index (χ1v) is 13.0. The molecule has 1 aromatic carbocycles. The van der Waals surface area contributed by atoms with Gasteiger partial charge in [-0.3, -0.25) is 0 Å². The highest BCUT2D eigenvalue weighted by atomic mass is 32.2. The number of aromatic nitrogens is 3. The molecule has 0 atom stereocenters. The van der Waals surface area contributed by atoms with Crippen LogP contribution in [0.25, 0.3) is 0 Å². The lowest BCUT2D eigenvalue weighted by atomic mass is 10.1. The maximum atomic E-state index is 12.9. The third-order valence-electron chi connectivity index (χ3n) is 5.15. The van der Waals surface area contributed by atoms with E-state index < -0.39 is 21.6 Å². The Balaban J connectivity index is 1.66. The van der Waals surface area contributed by atoms with Crippen LogP contribution in [0.3, 0.4) is 0 Å². The Hall–Kier alpha value is -2.86. The van der Waals surface area contributed by atoms with Crippen molar-refractivity contribution in [1.29, 1.82) is 0 Å². The molecule has 7 nitrogen and oxygen atoms in total. The minimum atomic E-state index is -4.40. The van der Waals surface area contributed by atoms with Crippen molar-refractivity contribution in [1.82, 2.24) is 15.0 Å². The van der Waals surface area contributed by atoms with Crippen LogP contribution in [0, 0.1) is 0 Å². The molecule has 0 fully saturated rings. The summed E-state index contributed by atoms with van der Waals surface area (Å²) in [5, 5.41) is 3.61. The second-order valence-corrected chi connectivity index (χ2v) is 10.2. The third-order valence-corrected chi connectivity index (χ3v) is 6.82. The van der Waals surface area contributed by atoms with E-state index >= 15 is 0 Å². The molecule has 3 heterocycles. The number of anilines is 3. The maximum absolute atomic E-state index is 12.9. The molecule has 1 aliphatic heterocycles. The number of nitrogens with zero attached hydrogens (tertiary/aromatic N) is 4. The summed E-state index contributed by atoms with van der Waals surface area (Å²) in [7, 11) is -3.47. The monoisotopic (exact) mass is 495 g/mol. The molecule has 33 heavy (non-hydrogen) atoms. The van der Waals surface area contributed by atoms with Crippen LogP contribution in [0.2, 0.25) is 0 Å². The van der Waals surface area contributed by atoms with Crippen molar-refractivity contribution in [2.24, 2.45) is 0 Å². The van der Waals surface area contributed by atoms with Gasteiger partial charge in [0.05, 0.1) is 17.8 Å². The lowest BCUT2D eigenvalue weighted by Gasteiger charge is -2.31. The SMILES string of the molecule is CSc1nc2c(c(Nc3ccc(C(F)(F)F)cc3)n1)CCN(c1ncccc1S(C)(=O)=O)C2. The lowest BCUT2D eigenvalue weighted by Crippen LogP contribution is -2.33. The number of benzene rings is 1. The zero-order valence-electron chi connectivity index (χ0n) is 17.7. The van der Waals surface area contributed by atoms with E-state index in [-0.39, 0.29) is 4.90 Å². The highest BCUT2D eigenvalue weighted by molar-refractivity contribution is 7.98. The molecule has 12 heteroatoms. The topological polar surface area (TPSA) is 88.1 Å². The molecule has 1 aliphatic rings. The van der Waals surface area contributed by atoms with Crippen LogP contribution in [-0.4, -0.2) is 42.4 Å². The normalized spacial score (nSPS) is 14.2. The van der Waals surface area contributed by atoms with E-state index in [0.717, 1.165) is 24.0 Å². The van der Waals surface area contributed by atoms with Crippen LogP contribution in [0.15, 0.2) is 52.6 Å². The van der Waals surface area contributed by atoms with Crippen LogP contribution in [0.1, 0.15) is 16.8 Å². The number of thioether (sulfide) groups is 1. The van der Waals surface area contributed by atoms with Crippen molar-refractivity contribution in [3.05, 3.63) is 59.4 Å². The second-order valence-electron chi connectivity index (χ2n) is 7.45. The van der Waals surface area contributed by atoms with Crippen LogP contribution >= 0.6 is 11.8 Å². The molecule has 0 saturated heterocycles. The number of alkyl halides is 3. The molecule has 0 unspecified atom stereocenters. The number of hydrogen-bond donors (Lipinski definition) is 1. The Morgan fingerprint density at radius 2 is 1.85 bits per heavy atom. The standard InChI is InChI=1S/C21H20F3N5O2S2/c1-32-20-27-16-12-29(19-17(33(2,30)31)4-3-10-25-19)11-9-15(16)18(28-20)26-14-7-5-13(6-8-14)21(22,23)24/h3-8,10H,9,11-12H2,1-2H3,(H,26,27,28). The van der Waals surface area contributed by atoms with Gasteiger partial charge in [-0.15, -0.1) is 0 Å². The van der Waals surface area contributed by atoms with Gasteiger partial charge in [-0.2, -0.15) is 13.2 Å². The third kappa shape index (κ3) is 5.06. The second kappa shape index (κ2) is 8.82. The zero-order chi connectivity index (χ0) is 23.8. The van der Waals surface area contributed by atoms with Gasteiger partial charge in [0.2, 0.25) is 0 Å². The molecule has 174 valence electrons. The summed E-state index contributed by atoms with van der Waals surface area (Å²) in [5.41, 5.74) is 1.29. The van der Waals surface area contributed by atoms with E-state index in [1.54, 1.807) is 12.3 Å². The number of rotatable bonds is 5. The van der Waals surface area contributed by atoms with Gasteiger partial charge in [-0.25, -0.2) is 23.4 Å². The number of pyridine rings is 1. The van der Waals surface area contributed by atoms with Crippen molar-refractivity contribution in [3.63, 3.8) is 0 Å². The summed E-state index contributed by atoms with van der Waals surface area (Å²) in [5.74, 6) is 0.889. The first kappa shape index (κ1) is 23.3. The molecular weight excluding hydrogens is 475 g/mol. The van der Waals surface area contributed by atoms with Crippen LogP contribution in [0.4, 0.5) is 30.5 Å². The average molecular weight is 496 g/mol. The first-order valence-electron chi connectivity index (χ1n) is 9.84. The number of nitrogens with one attached hydrogen (secondary N) is 1. The molecule has 0 amide bonds. The van der Waals surface area contributed by atoms with Gasteiger partial charge in [0.1, 0.15) is 16.5 Å². The Morgan fingerprint density at radius 1 is 1.12 bits per heavy atom. The van der Waals surface area contributed by atoms with E-state index in [9.17, 15) is 21.6 Å². The van der Waals surface area contributed by atoms with Gasteiger partial charge in [-0.05, 0) is 49.1 Å². The highest BCUT2D eigenvalue weighted by Crippen LogP contribution is 2.33. The largest absolute Gasteiger partial charge is 0.416 e. The number of fused-ring (bicyclic) bond motifs is 1. The predicted molar refractivity (Wildman–Crippen MR) is 121 cm³/mol. The molecule has 0 bridgehead atoms. The lowest BCUT2D eigenvalue weighted by molar-refractivity contribution is -0.137. The molecule has 3 aromatic rings. The minimum Gasteiger partial charge on any atom is -0.349 e. The molecule has 0 saturated carbocycles. The fraction of sp³-hybridized carbons (Fsp3) is 0.286. The smallest absolute Gasteiger partial charge is 0.349 e. The van der Waals surface area contributed by atoms with E-state index in [4.69, 9.17) is 0 Å². The maximum Gasteiger partial charge on any atom is 0.416 e. The van der Waals surface area contributed by atoms with Gasteiger partial charge >= 0.3 is 6.18 Å². The predicted octanol–water partition coefficient (Wildman–Crippen LogP) is 4.32. The number of halogens is 3. The average Bonchev–Trinajstić information content (AvgIpc) is 2.77. The molecular formula is C21H20F3N5O2S2. The molecule has 2 aromatic heterocycles. The van der Waals surface area contributed by atoms with Crippen molar-refractivity contribution in [2.75, 3.05) is 29.3 Å². The Morgan fingerprint density at radius 3 is 2.48 bits per heavy atom. The van der Waals surface area contributed by atoms with Crippen molar-refractivity contribution in [2.45, 2.75) is 29.2 Å². The Bertz CT molecular complexity index is 1280. The molecule has 4 rings (SSSR count).